The molecule has 98 valence electrons. The van der Waals surface area contributed by atoms with Gasteiger partial charge in [0.2, 0.25) is 0 Å². The minimum atomic E-state index is -0.151. The van der Waals surface area contributed by atoms with Crippen LogP contribution >= 0.6 is 0 Å². The topological polar surface area (TPSA) is 45.4 Å². The molecule has 0 aliphatic carbocycles. The molecule has 3 nitrogen and oxygen atoms in total. The third-order valence-electron chi connectivity index (χ3n) is 2.83. The van der Waals surface area contributed by atoms with Gasteiger partial charge in [-0.2, -0.15) is 5.26 Å². The maximum Gasteiger partial charge on any atom is 0.119 e. The molecular formula is C16H18N2O. The summed E-state index contributed by atoms with van der Waals surface area (Å²) < 4.78 is 5.18. The van der Waals surface area contributed by atoms with Crippen molar-refractivity contribution in [3.05, 3.63) is 53.8 Å². The van der Waals surface area contributed by atoms with Gasteiger partial charge in [0, 0.05) is 6.20 Å². The van der Waals surface area contributed by atoms with Gasteiger partial charge in [0.25, 0.3) is 0 Å². The average molecular weight is 254 g/mol. The predicted molar refractivity (Wildman–Crippen MR) is 78.2 cm³/mol. The van der Waals surface area contributed by atoms with Crippen LogP contribution in [0.4, 0.5) is 0 Å². The molecule has 0 aliphatic heterocycles. The van der Waals surface area contributed by atoms with E-state index >= 15 is 0 Å². The summed E-state index contributed by atoms with van der Waals surface area (Å²) >= 11 is 0. The van der Waals surface area contributed by atoms with Crippen molar-refractivity contribution in [1.82, 2.24) is 0 Å². The molecule has 19 heavy (non-hydrogen) atoms. The Bertz CT molecular complexity index is 524. The van der Waals surface area contributed by atoms with Crippen LogP contribution in [0.1, 0.15) is 12.5 Å². The summed E-state index contributed by atoms with van der Waals surface area (Å²) in [5, 5.41) is 9.26. The van der Waals surface area contributed by atoms with Gasteiger partial charge in [-0.15, -0.1) is 0 Å². The van der Waals surface area contributed by atoms with Crippen LogP contribution in [-0.2, 0) is 6.42 Å². The number of benzene rings is 1. The second kappa shape index (κ2) is 7.88. The fourth-order valence-electron chi connectivity index (χ4n) is 1.72. The molecule has 0 N–H and O–H groups in total. The molecule has 1 aromatic carbocycles. The van der Waals surface area contributed by atoms with E-state index in [0.29, 0.717) is 6.42 Å². The van der Waals surface area contributed by atoms with E-state index in [2.05, 4.69) is 17.8 Å². The van der Waals surface area contributed by atoms with Crippen LogP contribution in [0, 0.1) is 17.2 Å². The number of ether oxygens (including phenoxy) is 1. The number of hydrogen-bond donors (Lipinski definition) is 0. The number of aliphatic imine (C=N–C) groups is 1. The fourth-order valence-corrected chi connectivity index (χ4v) is 1.72. The molecule has 0 spiro atoms. The molecule has 0 amide bonds. The highest BCUT2D eigenvalue weighted by Gasteiger charge is 2.10. The lowest BCUT2D eigenvalue weighted by molar-refractivity contribution is 0.414. The predicted octanol–water partition coefficient (Wildman–Crippen LogP) is 3.54. The lowest BCUT2D eigenvalue weighted by Gasteiger charge is -2.10. The van der Waals surface area contributed by atoms with E-state index in [1.54, 1.807) is 19.4 Å². The van der Waals surface area contributed by atoms with Gasteiger partial charge in [0.1, 0.15) is 5.75 Å². The Balaban J connectivity index is 2.81. The zero-order valence-corrected chi connectivity index (χ0v) is 11.3. The number of nitrogens with zero attached hydrogens (tertiary/aromatic N) is 2. The Morgan fingerprint density at radius 3 is 3.00 bits per heavy atom. The minimum absolute atomic E-state index is 0.151. The highest BCUT2D eigenvalue weighted by Crippen LogP contribution is 2.20. The van der Waals surface area contributed by atoms with Crippen molar-refractivity contribution in [1.29, 1.82) is 5.26 Å². The van der Waals surface area contributed by atoms with E-state index in [0.717, 1.165) is 16.9 Å². The van der Waals surface area contributed by atoms with Crippen LogP contribution in [0.2, 0.25) is 0 Å². The summed E-state index contributed by atoms with van der Waals surface area (Å²) in [6.45, 7) is 5.31. The van der Waals surface area contributed by atoms with Gasteiger partial charge in [-0.3, -0.25) is 4.99 Å². The standard InChI is InChI=1S/C16H18N2O/c1-13(6-5-9-18-2)15(12-17)10-14-7-4-8-16(11-14)19-3/h4-9,11,15H,2,10H2,1,3H3. The first-order chi connectivity index (χ1) is 9.21. The van der Waals surface area contributed by atoms with Gasteiger partial charge in [0.15, 0.2) is 0 Å². The lowest BCUT2D eigenvalue weighted by atomic mass is 9.93. The van der Waals surface area contributed by atoms with E-state index < -0.39 is 0 Å². The molecule has 1 aromatic rings. The minimum Gasteiger partial charge on any atom is -0.497 e. The third-order valence-corrected chi connectivity index (χ3v) is 2.83. The molecule has 0 fully saturated rings. The molecule has 0 aliphatic rings. The van der Waals surface area contributed by atoms with Crippen LogP contribution in [-0.4, -0.2) is 13.8 Å². The highest BCUT2D eigenvalue weighted by atomic mass is 16.5. The average Bonchev–Trinajstić information content (AvgIpc) is 2.45. The van der Waals surface area contributed by atoms with Gasteiger partial charge in [-0.1, -0.05) is 23.8 Å². The smallest absolute Gasteiger partial charge is 0.119 e. The Kier molecular flexibility index (Phi) is 6.11. The number of nitriles is 1. The first kappa shape index (κ1) is 14.7. The molecular weight excluding hydrogens is 236 g/mol. The lowest BCUT2D eigenvalue weighted by Crippen LogP contribution is -2.03. The summed E-state index contributed by atoms with van der Waals surface area (Å²) in [6, 6.07) is 10.1. The molecule has 0 bridgehead atoms. The molecule has 0 saturated carbocycles. The molecule has 1 atom stereocenters. The van der Waals surface area contributed by atoms with Crippen molar-refractivity contribution in [3.63, 3.8) is 0 Å². The normalized spacial score (nSPS) is 13.0. The van der Waals surface area contributed by atoms with E-state index in [4.69, 9.17) is 4.74 Å². The Morgan fingerprint density at radius 1 is 1.58 bits per heavy atom. The van der Waals surface area contributed by atoms with Crippen molar-refractivity contribution >= 4 is 6.72 Å². The largest absolute Gasteiger partial charge is 0.497 e. The molecule has 3 heteroatoms. The Morgan fingerprint density at radius 2 is 2.37 bits per heavy atom. The number of allylic oxidation sites excluding steroid dienone is 3. The summed E-state index contributed by atoms with van der Waals surface area (Å²) in [4.78, 5) is 3.62. The summed E-state index contributed by atoms with van der Waals surface area (Å²) in [7, 11) is 1.64. The van der Waals surface area contributed by atoms with Crippen LogP contribution in [0.25, 0.3) is 0 Å². The van der Waals surface area contributed by atoms with Gasteiger partial charge >= 0.3 is 0 Å². The first-order valence-electron chi connectivity index (χ1n) is 6.03. The third kappa shape index (κ3) is 4.81. The first-order valence-corrected chi connectivity index (χ1v) is 6.03. The zero-order chi connectivity index (χ0) is 14.1. The number of rotatable bonds is 6. The van der Waals surface area contributed by atoms with Crippen molar-refractivity contribution in [2.24, 2.45) is 10.9 Å². The van der Waals surface area contributed by atoms with Crippen LogP contribution < -0.4 is 4.74 Å². The van der Waals surface area contributed by atoms with Crippen LogP contribution in [0.3, 0.4) is 0 Å². The van der Waals surface area contributed by atoms with Crippen LogP contribution in [0.5, 0.6) is 5.75 Å². The maximum atomic E-state index is 9.26. The highest BCUT2D eigenvalue weighted by molar-refractivity contribution is 5.31. The monoisotopic (exact) mass is 254 g/mol. The van der Waals surface area contributed by atoms with E-state index in [-0.39, 0.29) is 5.92 Å². The quantitative estimate of drug-likeness (QED) is 0.575. The van der Waals surface area contributed by atoms with E-state index in [1.807, 2.05) is 37.3 Å². The SMILES string of the molecule is C=NC=CC=C(C)C(C#N)Cc1cccc(OC)c1. The van der Waals surface area contributed by atoms with E-state index in [1.165, 1.54) is 0 Å². The molecule has 0 aromatic heterocycles. The van der Waals surface area contributed by atoms with Crippen molar-refractivity contribution in [3.8, 4) is 11.8 Å². The second-order valence-corrected chi connectivity index (χ2v) is 4.17. The maximum absolute atomic E-state index is 9.26. The van der Waals surface area contributed by atoms with Gasteiger partial charge in [-0.05, 0) is 43.8 Å². The number of hydrogen-bond acceptors (Lipinski definition) is 3. The molecule has 0 heterocycles. The van der Waals surface area contributed by atoms with Crippen molar-refractivity contribution in [2.75, 3.05) is 7.11 Å². The van der Waals surface area contributed by atoms with Crippen LogP contribution in [0.15, 0.2) is 53.2 Å². The van der Waals surface area contributed by atoms with Crippen molar-refractivity contribution < 1.29 is 4.74 Å². The molecule has 0 saturated heterocycles. The fraction of sp³-hybridized carbons (Fsp3) is 0.250. The van der Waals surface area contributed by atoms with Gasteiger partial charge < -0.3 is 4.74 Å². The Labute approximate surface area is 114 Å². The van der Waals surface area contributed by atoms with Gasteiger partial charge in [0.05, 0.1) is 19.1 Å². The molecule has 0 radical (unpaired) electrons. The van der Waals surface area contributed by atoms with Crippen molar-refractivity contribution in [2.45, 2.75) is 13.3 Å². The summed E-state index contributed by atoms with van der Waals surface area (Å²) in [6.07, 6.45) is 5.95. The summed E-state index contributed by atoms with van der Waals surface area (Å²) in [5.41, 5.74) is 2.09. The Hall–Kier alpha value is -2.34. The van der Waals surface area contributed by atoms with Gasteiger partial charge in [-0.25, -0.2) is 0 Å². The molecule has 1 unspecified atom stereocenters. The zero-order valence-electron chi connectivity index (χ0n) is 11.3. The number of methoxy groups -OCH3 is 1. The molecule has 1 rings (SSSR count). The van der Waals surface area contributed by atoms with E-state index in [9.17, 15) is 5.26 Å². The second-order valence-electron chi connectivity index (χ2n) is 4.17. The summed E-state index contributed by atoms with van der Waals surface area (Å²) in [5.74, 6) is 0.660.